The second kappa shape index (κ2) is 9.64. The molecule has 7 aromatic carbocycles. The van der Waals surface area contributed by atoms with E-state index in [2.05, 4.69) is 81.9 Å². The summed E-state index contributed by atoms with van der Waals surface area (Å²) < 4.78 is 17.1. The molecule has 0 aliphatic carbocycles. The Morgan fingerprint density at radius 1 is 0.360 bits per heavy atom. The Hall–Kier alpha value is -7.28. The third-order valence-electron chi connectivity index (χ3n) is 10.2. The van der Waals surface area contributed by atoms with E-state index in [0.29, 0.717) is 11.1 Å². The Morgan fingerprint density at radius 3 is 1.20 bits per heavy atom. The van der Waals surface area contributed by atoms with E-state index >= 15 is 0 Å². The lowest BCUT2D eigenvalue weighted by Crippen LogP contribution is -2.05. The molecule has 11 rings (SSSR count). The van der Waals surface area contributed by atoms with Gasteiger partial charge < -0.3 is 18.0 Å². The summed E-state index contributed by atoms with van der Waals surface area (Å²) in [4.78, 5) is 0. The molecule has 0 bridgehead atoms. The van der Waals surface area contributed by atoms with Crippen LogP contribution < -0.4 is 0 Å². The lowest BCUT2D eigenvalue weighted by molar-refractivity contribution is 0.669. The van der Waals surface area contributed by atoms with Gasteiger partial charge in [-0.05, 0) is 60.7 Å². The SMILES string of the molecule is N#Cc1cc(-n2c3ccccc3c3cc4oc5ccccc5c4cc32)c(-n2c3ccccc3c3cc4oc5ccccc5c4cc32)cc1C#N. The standard InChI is InChI=1S/C44H22N4O2/c45-23-25-17-39(47-35-13-5-1-9-27(35)31-21-43-33(19-37(31)47)29-11-3-7-15-41(29)49-43)40(18-26(25)24-46)48-36-14-6-2-10-28(36)32-22-44-34(20-38(32)48)30-12-4-8-16-42(30)50-44/h1-22H. The Kier molecular flexibility index (Phi) is 5.16. The molecule has 0 fully saturated rings. The fourth-order valence-electron chi connectivity index (χ4n) is 8.01. The van der Waals surface area contributed by atoms with Crippen LogP contribution in [0, 0.1) is 22.7 Å². The van der Waals surface area contributed by atoms with Gasteiger partial charge in [-0.1, -0.05) is 72.8 Å². The van der Waals surface area contributed by atoms with Crippen molar-refractivity contribution < 1.29 is 8.83 Å². The maximum atomic E-state index is 10.4. The Balaban J connectivity index is 1.33. The average Bonchev–Trinajstić information content (AvgIpc) is 3.90. The van der Waals surface area contributed by atoms with Gasteiger partial charge in [0.15, 0.2) is 0 Å². The highest BCUT2D eigenvalue weighted by Crippen LogP contribution is 2.43. The van der Waals surface area contributed by atoms with Crippen LogP contribution in [0.4, 0.5) is 0 Å². The number of fused-ring (bicyclic) bond motifs is 12. The van der Waals surface area contributed by atoms with Gasteiger partial charge >= 0.3 is 0 Å². The van der Waals surface area contributed by atoms with Crippen LogP contribution >= 0.6 is 0 Å². The maximum Gasteiger partial charge on any atom is 0.136 e. The van der Waals surface area contributed by atoms with Crippen LogP contribution in [0.15, 0.2) is 142 Å². The number of para-hydroxylation sites is 4. The zero-order chi connectivity index (χ0) is 33.1. The van der Waals surface area contributed by atoms with Gasteiger partial charge in [-0.2, -0.15) is 10.5 Å². The molecule has 4 heterocycles. The Labute approximate surface area is 283 Å². The molecule has 6 heteroatoms. The highest BCUT2D eigenvalue weighted by Gasteiger charge is 2.23. The van der Waals surface area contributed by atoms with Crippen molar-refractivity contribution in [1.82, 2.24) is 9.13 Å². The molecule has 0 aliphatic rings. The predicted molar refractivity (Wildman–Crippen MR) is 199 cm³/mol. The summed E-state index contributed by atoms with van der Waals surface area (Å²) in [6.45, 7) is 0. The van der Waals surface area contributed by atoms with Gasteiger partial charge in [0.2, 0.25) is 0 Å². The Morgan fingerprint density at radius 2 is 0.760 bits per heavy atom. The summed E-state index contributed by atoms with van der Waals surface area (Å²) in [7, 11) is 0. The van der Waals surface area contributed by atoms with Gasteiger partial charge in [-0.15, -0.1) is 0 Å². The van der Waals surface area contributed by atoms with Crippen molar-refractivity contribution in [3.8, 4) is 23.5 Å². The van der Waals surface area contributed by atoms with Crippen LogP contribution in [0.5, 0.6) is 0 Å². The van der Waals surface area contributed by atoms with Crippen molar-refractivity contribution in [2.75, 3.05) is 0 Å². The number of nitrogens with zero attached hydrogens (tertiary/aromatic N) is 4. The topological polar surface area (TPSA) is 83.7 Å². The van der Waals surface area contributed by atoms with Gasteiger partial charge in [0.25, 0.3) is 0 Å². The second-order valence-corrected chi connectivity index (χ2v) is 12.7. The molecular formula is C44H22N4O2. The number of furan rings is 2. The summed E-state index contributed by atoms with van der Waals surface area (Å²) in [6, 6.07) is 49.8. The first-order chi connectivity index (χ1) is 24.7. The van der Waals surface area contributed by atoms with Crippen LogP contribution in [0.1, 0.15) is 11.1 Å². The number of rotatable bonds is 2. The second-order valence-electron chi connectivity index (χ2n) is 12.7. The molecular weight excluding hydrogens is 617 g/mol. The molecule has 0 aliphatic heterocycles. The average molecular weight is 639 g/mol. The number of hydrogen-bond acceptors (Lipinski definition) is 4. The molecule has 0 spiro atoms. The van der Waals surface area contributed by atoms with E-state index in [1.54, 1.807) is 0 Å². The van der Waals surface area contributed by atoms with E-state index in [9.17, 15) is 10.5 Å². The van der Waals surface area contributed by atoms with Crippen LogP contribution in [0.2, 0.25) is 0 Å². The molecule has 50 heavy (non-hydrogen) atoms. The van der Waals surface area contributed by atoms with Gasteiger partial charge in [-0.3, -0.25) is 0 Å². The molecule has 11 aromatic rings. The van der Waals surface area contributed by atoms with Gasteiger partial charge in [-0.25, -0.2) is 0 Å². The van der Waals surface area contributed by atoms with Gasteiger partial charge in [0, 0.05) is 43.1 Å². The van der Waals surface area contributed by atoms with E-state index in [-0.39, 0.29) is 0 Å². The molecule has 0 saturated heterocycles. The molecule has 0 atom stereocenters. The first-order valence-electron chi connectivity index (χ1n) is 16.4. The van der Waals surface area contributed by atoms with E-state index in [0.717, 1.165) is 98.9 Å². The van der Waals surface area contributed by atoms with E-state index in [1.165, 1.54) is 0 Å². The smallest absolute Gasteiger partial charge is 0.136 e. The number of hydrogen-bond donors (Lipinski definition) is 0. The number of aromatic nitrogens is 2. The first kappa shape index (κ1) is 26.8. The van der Waals surface area contributed by atoms with E-state index < -0.39 is 0 Å². The highest BCUT2D eigenvalue weighted by molar-refractivity contribution is 6.19. The van der Waals surface area contributed by atoms with E-state index in [4.69, 9.17) is 8.83 Å². The van der Waals surface area contributed by atoms with Crippen LogP contribution in [0.3, 0.4) is 0 Å². The van der Waals surface area contributed by atoms with Crippen molar-refractivity contribution in [1.29, 1.82) is 10.5 Å². The lowest BCUT2D eigenvalue weighted by atomic mass is 10.1. The van der Waals surface area contributed by atoms with Crippen molar-refractivity contribution in [2.45, 2.75) is 0 Å². The zero-order valence-electron chi connectivity index (χ0n) is 26.3. The molecule has 0 unspecified atom stereocenters. The van der Waals surface area contributed by atoms with Crippen LogP contribution in [-0.4, -0.2) is 9.13 Å². The molecule has 230 valence electrons. The molecule has 0 N–H and O–H groups in total. The van der Waals surface area contributed by atoms with Crippen LogP contribution in [-0.2, 0) is 0 Å². The molecule has 0 saturated carbocycles. The third kappa shape index (κ3) is 3.44. The van der Waals surface area contributed by atoms with Gasteiger partial charge in [0.1, 0.15) is 34.5 Å². The Bertz CT molecular complexity index is 3130. The highest BCUT2D eigenvalue weighted by atomic mass is 16.3. The third-order valence-corrected chi connectivity index (χ3v) is 10.2. The van der Waals surface area contributed by atoms with Crippen LogP contribution in [0.25, 0.3) is 98.9 Å². The summed E-state index contributed by atoms with van der Waals surface area (Å²) >= 11 is 0. The van der Waals surface area contributed by atoms with Crippen molar-refractivity contribution >= 4 is 87.5 Å². The minimum absolute atomic E-state index is 0.316. The molecule has 0 radical (unpaired) electrons. The van der Waals surface area contributed by atoms with Crippen molar-refractivity contribution in [3.05, 3.63) is 145 Å². The maximum absolute atomic E-state index is 10.4. The quantitative estimate of drug-likeness (QED) is 0.189. The van der Waals surface area contributed by atoms with Gasteiger partial charge in [0.05, 0.1) is 44.6 Å². The fourth-order valence-corrected chi connectivity index (χ4v) is 8.01. The zero-order valence-corrected chi connectivity index (χ0v) is 26.3. The van der Waals surface area contributed by atoms with E-state index in [1.807, 2.05) is 72.8 Å². The molecule has 0 amide bonds. The summed E-state index contributed by atoms with van der Waals surface area (Å²) in [5.74, 6) is 0. The number of nitriles is 2. The summed E-state index contributed by atoms with van der Waals surface area (Å²) in [6.07, 6.45) is 0. The molecule has 4 aromatic heterocycles. The minimum atomic E-state index is 0.316. The normalized spacial score (nSPS) is 12.0. The molecule has 6 nitrogen and oxygen atoms in total. The lowest BCUT2D eigenvalue weighted by Gasteiger charge is -2.18. The summed E-state index contributed by atoms with van der Waals surface area (Å²) in [5.41, 5.74) is 9.44. The number of benzene rings is 7. The van der Waals surface area contributed by atoms with Crippen molar-refractivity contribution in [3.63, 3.8) is 0 Å². The largest absolute Gasteiger partial charge is 0.456 e. The monoisotopic (exact) mass is 638 g/mol. The minimum Gasteiger partial charge on any atom is -0.456 e. The first-order valence-corrected chi connectivity index (χ1v) is 16.4. The summed E-state index contributed by atoms with van der Waals surface area (Å²) in [5, 5.41) is 29.0. The predicted octanol–water partition coefficient (Wildman–Crippen LogP) is 11.4. The van der Waals surface area contributed by atoms with Crippen molar-refractivity contribution in [2.24, 2.45) is 0 Å². The fraction of sp³-hybridized carbons (Fsp3) is 0.